The third-order valence-corrected chi connectivity index (χ3v) is 5.55. The van der Waals surface area contributed by atoms with Crippen LogP contribution in [0.4, 0.5) is 0 Å². The van der Waals surface area contributed by atoms with Crippen molar-refractivity contribution in [3.63, 3.8) is 0 Å². The Morgan fingerprint density at radius 2 is 1.67 bits per heavy atom. The first-order valence-corrected chi connectivity index (χ1v) is 8.72. The number of nitrogens with zero attached hydrogens (tertiary/aromatic N) is 1. The van der Waals surface area contributed by atoms with Crippen molar-refractivity contribution in [2.24, 2.45) is 5.41 Å². The number of nitriles is 1. The summed E-state index contributed by atoms with van der Waals surface area (Å²) in [5, 5.41) is 9.53. The highest BCUT2D eigenvalue weighted by Gasteiger charge is 2.36. The van der Waals surface area contributed by atoms with E-state index in [-0.39, 0.29) is 10.8 Å². The van der Waals surface area contributed by atoms with Crippen molar-refractivity contribution in [3.8, 4) is 17.9 Å². The Hall–Kier alpha value is -2.25. The fraction of sp³-hybridized carbons (Fsp3) is 0.435. The molecule has 0 amide bonds. The third kappa shape index (κ3) is 2.92. The van der Waals surface area contributed by atoms with Gasteiger partial charge in [0, 0.05) is 5.56 Å². The lowest BCUT2D eigenvalue weighted by Crippen LogP contribution is -2.33. The summed E-state index contributed by atoms with van der Waals surface area (Å²) in [7, 11) is 0. The SMILES string of the molecule is CC1(C)CCC(C)(C)c2cc(C#CC3(C#N)C=CC=CC3)ccc21. The molecule has 0 aromatic heterocycles. The Balaban J connectivity index is 2.02. The second kappa shape index (κ2) is 5.68. The molecule has 2 aliphatic carbocycles. The maximum absolute atomic E-state index is 9.53. The summed E-state index contributed by atoms with van der Waals surface area (Å²) in [6.07, 6.45) is 10.9. The summed E-state index contributed by atoms with van der Waals surface area (Å²) < 4.78 is 0. The standard InChI is InChI=1S/C23H25N/c1-21(2)14-15-22(3,4)20-16-18(8-9-19(20)21)10-13-23(17-24)11-6-5-7-12-23/h5-9,11,16H,12,14-15H2,1-4H3. The normalized spacial score (nSPS) is 26.0. The van der Waals surface area contributed by atoms with Gasteiger partial charge in [0.15, 0.2) is 0 Å². The monoisotopic (exact) mass is 315 g/mol. The second-order valence-electron chi connectivity index (χ2n) is 8.35. The summed E-state index contributed by atoms with van der Waals surface area (Å²) in [5.74, 6) is 6.47. The largest absolute Gasteiger partial charge is 0.196 e. The van der Waals surface area contributed by atoms with Gasteiger partial charge in [-0.1, -0.05) is 69.9 Å². The average Bonchev–Trinajstić information content (AvgIpc) is 2.58. The molecule has 1 atom stereocenters. The van der Waals surface area contributed by atoms with E-state index in [2.05, 4.69) is 63.8 Å². The first-order valence-electron chi connectivity index (χ1n) is 8.72. The molecule has 1 aromatic rings. The Morgan fingerprint density at radius 3 is 2.29 bits per heavy atom. The predicted octanol–water partition coefficient (Wildman–Crippen LogP) is 5.41. The Kier molecular flexibility index (Phi) is 3.93. The second-order valence-corrected chi connectivity index (χ2v) is 8.35. The van der Waals surface area contributed by atoms with E-state index in [0.717, 1.165) is 5.56 Å². The average molecular weight is 315 g/mol. The van der Waals surface area contributed by atoms with Crippen LogP contribution in [-0.2, 0) is 10.8 Å². The lowest BCUT2D eigenvalue weighted by molar-refractivity contribution is 0.332. The third-order valence-electron chi connectivity index (χ3n) is 5.55. The highest BCUT2D eigenvalue weighted by atomic mass is 14.4. The molecule has 0 spiro atoms. The van der Waals surface area contributed by atoms with Gasteiger partial charge in [-0.3, -0.25) is 0 Å². The molecule has 1 aromatic carbocycles. The smallest absolute Gasteiger partial charge is 0.140 e. The molecule has 3 rings (SSSR count). The summed E-state index contributed by atoms with van der Waals surface area (Å²) in [4.78, 5) is 0. The summed E-state index contributed by atoms with van der Waals surface area (Å²) in [5.41, 5.74) is 3.59. The summed E-state index contributed by atoms with van der Waals surface area (Å²) in [6.45, 7) is 9.31. The van der Waals surface area contributed by atoms with Crippen LogP contribution in [0.3, 0.4) is 0 Å². The summed E-state index contributed by atoms with van der Waals surface area (Å²) >= 11 is 0. The molecule has 122 valence electrons. The minimum Gasteiger partial charge on any atom is -0.196 e. The molecule has 1 unspecified atom stereocenters. The van der Waals surface area contributed by atoms with E-state index in [9.17, 15) is 5.26 Å². The topological polar surface area (TPSA) is 23.8 Å². The molecule has 0 fully saturated rings. The van der Waals surface area contributed by atoms with Crippen molar-refractivity contribution in [1.29, 1.82) is 5.26 Å². The quantitative estimate of drug-likeness (QED) is 0.587. The maximum Gasteiger partial charge on any atom is 0.140 e. The molecule has 0 radical (unpaired) electrons. The highest BCUT2D eigenvalue weighted by molar-refractivity contribution is 5.49. The Labute approximate surface area is 146 Å². The molecule has 0 saturated carbocycles. The van der Waals surface area contributed by atoms with Gasteiger partial charge in [-0.25, -0.2) is 0 Å². The van der Waals surface area contributed by atoms with Crippen molar-refractivity contribution in [2.45, 2.75) is 57.8 Å². The first-order chi connectivity index (χ1) is 11.3. The molecular weight excluding hydrogens is 290 g/mol. The minimum atomic E-state index is -0.681. The molecule has 1 nitrogen and oxygen atoms in total. The van der Waals surface area contributed by atoms with E-state index >= 15 is 0 Å². The van der Waals surface area contributed by atoms with Gasteiger partial charge in [-0.2, -0.15) is 5.26 Å². The molecular formula is C23H25N. The van der Waals surface area contributed by atoms with Crippen LogP contribution >= 0.6 is 0 Å². The van der Waals surface area contributed by atoms with Gasteiger partial charge in [0.05, 0.1) is 6.07 Å². The van der Waals surface area contributed by atoms with E-state index in [1.807, 2.05) is 24.3 Å². The minimum absolute atomic E-state index is 0.183. The molecule has 0 saturated heterocycles. The number of fused-ring (bicyclic) bond motifs is 1. The highest BCUT2D eigenvalue weighted by Crippen LogP contribution is 2.45. The number of hydrogen-bond acceptors (Lipinski definition) is 1. The molecule has 0 N–H and O–H groups in total. The molecule has 0 heterocycles. The van der Waals surface area contributed by atoms with Crippen LogP contribution in [0.1, 0.15) is 63.6 Å². The first kappa shape index (κ1) is 16.6. The number of hydrogen-bond donors (Lipinski definition) is 0. The van der Waals surface area contributed by atoms with E-state index in [1.165, 1.54) is 24.0 Å². The van der Waals surface area contributed by atoms with Crippen molar-refractivity contribution >= 4 is 0 Å². The zero-order valence-electron chi connectivity index (χ0n) is 15.1. The Morgan fingerprint density at radius 1 is 0.958 bits per heavy atom. The molecule has 2 aliphatic rings. The van der Waals surface area contributed by atoms with E-state index in [4.69, 9.17) is 0 Å². The lowest BCUT2D eigenvalue weighted by atomic mass is 9.63. The van der Waals surface area contributed by atoms with Gasteiger partial charge >= 0.3 is 0 Å². The molecule has 1 heteroatoms. The van der Waals surface area contributed by atoms with Gasteiger partial charge in [-0.15, -0.1) is 0 Å². The van der Waals surface area contributed by atoms with Crippen LogP contribution in [0.2, 0.25) is 0 Å². The summed E-state index contributed by atoms with van der Waals surface area (Å²) in [6, 6.07) is 8.97. The van der Waals surface area contributed by atoms with Gasteiger partial charge in [-0.05, 0) is 53.4 Å². The van der Waals surface area contributed by atoms with Crippen LogP contribution in [0.5, 0.6) is 0 Å². The molecule has 0 bridgehead atoms. The van der Waals surface area contributed by atoms with Crippen LogP contribution < -0.4 is 0 Å². The van der Waals surface area contributed by atoms with Crippen molar-refractivity contribution in [2.75, 3.05) is 0 Å². The number of rotatable bonds is 0. The lowest BCUT2D eigenvalue weighted by Gasteiger charge is -2.41. The van der Waals surface area contributed by atoms with Gasteiger partial charge in [0.2, 0.25) is 0 Å². The van der Waals surface area contributed by atoms with Crippen molar-refractivity contribution in [3.05, 3.63) is 59.2 Å². The number of benzene rings is 1. The van der Waals surface area contributed by atoms with E-state index < -0.39 is 5.41 Å². The molecule has 0 aliphatic heterocycles. The fourth-order valence-corrected chi connectivity index (χ4v) is 3.67. The van der Waals surface area contributed by atoms with Crippen LogP contribution in [0.25, 0.3) is 0 Å². The molecule has 24 heavy (non-hydrogen) atoms. The fourth-order valence-electron chi connectivity index (χ4n) is 3.67. The van der Waals surface area contributed by atoms with Crippen LogP contribution in [0, 0.1) is 28.6 Å². The maximum atomic E-state index is 9.53. The number of allylic oxidation sites excluding steroid dienone is 4. The Bertz CT molecular complexity index is 818. The van der Waals surface area contributed by atoms with Crippen LogP contribution in [-0.4, -0.2) is 0 Å². The van der Waals surface area contributed by atoms with Gasteiger partial charge in [0.25, 0.3) is 0 Å². The van der Waals surface area contributed by atoms with Gasteiger partial charge in [0.1, 0.15) is 5.41 Å². The zero-order chi connectivity index (χ0) is 17.4. The van der Waals surface area contributed by atoms with Crippen molar-refractivity contribution < 1.29 is 0 Å². The van der Waals surface area contributed by atoms with Crippen molar-refractivity contribution in [1.82, 2.24) is 0 Å². The predicted molar refractivity (Wildman–Crippen MR) is 99.5 cm³/mol. The van der Waals surface area contributed by atoms with E-state index in [1.54, 1.807) is 0 Å². The van der Waals surface area contributed by atoms with E-state index in [0.29, 0.717) is 6.42 Å². The van der Waals surface area contributed by atoms with Gasteiger partial charge < -0.3 is 0 Å². The van der Waals surface area contributed by atoms with Crippen LogP contribution in [0.15, 0.2) is 42.5 Å². The zero-order valence-corrected chi connectivity index (χ0v) is 15.1.